The zero-order valence-corrected chi connectivity index (χ0v) is 9.76. The van der Waals surface area contributed by atoms with E-state index in [2.05, 4.69) is 0 Å². The molecule has 7 heteroatoms. The van der Waals surface area contributed by atoms with Gasteiger partial charge in [-0.3, -0.25) is 14.9 Å². The van der Waals surface area contributed by atoms with Gasteiger partial charge in [-0.1, -0.05) is 0 Å². The van der Waals surface area contributed by atoms with Gasteiger partial charge in [0.25, 0.3) is 0 Å². The molecular weight excluding hydrogens is 258 g/mol. The van der Waals surface area contributed by atoms with Crippen molar-refractivity contribution in [3.63, 3.8) is 0 Å². The summed E-state index contributed by atoms with van der Waals surface area (Å²) in [5.74, 6) is -2.05. The monoisotopic (exact) mass is 266 g/mol. The number of nitrogens with zero attached hydrogens (tertiary/aromatic N) is 2. The molecule has 1 heterocycles. The Morgan fingerprint density at radius 3 is 2.47 bits per heavy atom. The van der Waals surface area contributed by atoms with Crippen LogP contribution in [0.25, 0.3) is 11.1 Å². The third kappa shape index (κ3) is 2.35. The van der Waals surface area contributed by atoms with Crippen LogP contribution in [-0.2, 0) is 7.05 Å². The van der Waals surface area contributed by atoms with Crippen LogP contribution in [0.1, 0.15) is 0 Å². The minimum absolute atomic E-state index is 0.140. The maximum atomic E-state index is 13.7. The summed E-state index contributed by atoms with van der Waals surface area (Å²) in [6.45, 7) is 0. The van der Waals surface area contributed by atoms with Crippen LogP contribution < -0.4 is 5.56 Å². The van der Waals surface area contributed by atoms with Crippen molar-refractivity contribution in [3.8, 4) is 11.1 Å². The van der Waals surface area contributed by atoms with E-state index in [1.54, 1.807) is 0 Å². The van der Waals surface area contributed by atoms with Crippen molar-refractivity contribution < 1.29 is 13.7 Å². The summed E-state index contributed by atoms with van der Waals surface area (Å²) < 4.78 is 28.4. The lowest BCUT2D eigenvalue weighted by Crippen LogP contribution is -2.14. The average molecular weight is 266 g/mol. The van der Waals surface area contributed by atoms with Gasteiger partial charge in [0.15, 0.2) is 0 Å². The molecule has 0 amide bonds. The highest BCUT2D eigenvalue weighted by Gasteiger charge is 2.19. The molecule has 0 bridgehead atoms. The molecule has 0 spiro atoms. The first-order valence-corrected chi connectivity index (χ1v) is 5.20. The molecule has 0 N–H and O–H groups in total. The number of pyridine rings is 1. The van der Waals surface area contributed by atoms with Crippen LogP contribution in [-0.4, -0.2) is 9.49 Å². The topological polar surface area (TPSA) is 65.1 Å². The minimum Gasteiger partial charge on any atom is -0.318 e. The van der Waals surface area contributed by atoms with E-state index in [4.69, 9.17) is 0 Å². The standard InChI is InChI=1S/C12H8F2N2O3/c1-15-6-7(2-3-12(15)17)8-4-10(14)11(16(18)19)5-9(8)13/h2-6H,1H3. The Bertz CT molecular complexity index is 725. The van der Waals surface area contributed by atoms with Crippen molar-refractivity contribution in [1.29, 1.82) is 0 Å². The Morgan fingerprint density at radius 1 is 1.21 bits per heavy atom. The molecule has 0 atom stereocenters. The van der Waals surface area contributed by atoms with E-state index < -0.39 is 22.2 Å². The van der Waals surface area contributed by atoms with Gasteiger partial charge in [-0.05, 0) is 12.1 Å². The van der Waals surface area contributed by atoms with Crippen molar-refractivity contribution in [2.75, 3.05) is 0 Å². The molecule has 0 saturated carbocycles. The number of nitro groups is 1. The van der Waals surface area contributed by atoms with Crippen LogP contribution in [0.2, 0.25) is 0 Å². The average Bonchev–Trinajstić information content (AvgIpc) is 2.35. The molecule has 0 aliphatic rings. The minimum atomic E-state index is -1.13. The third-order valence-electron chi connectivity index (χ3n) is 2.63. The fourth-order valence-corrected chi connectivity index (χ4v) is 1.65. The van der Waals surface area contributed by atoms with E-state index in [0.717, 1.165) is 6.07 Å². The molecule has 1 aromatic heterocycles. The molecule has 0 aliphatic heterocycles. The van der Waals surface area contributed by atoms with E-state index in [1.807, 2.05) is 0 Å². The lowest BCUT2D eigenvalue weighted by molar-refractivity contribution is -0.387. The molecule has 0 fully saturated rings. The molecule has 98 valence electrons. The predicted molar refractivity (Wildman–Crippen MR) is 63.7 cm³/mol. The smallest absolute Gasteiger partial charge is 0.307 e. The lowest BCUT2D eigenvalue weighted by Gasteiger charge is -2.06. The first-order chi connectivity index (χ1) is 8.90. The van der Waals surface area contributed by atoms with E-state index in [0.29, 0.717) is 6.07 Å². The largest absolute Gasteiger partial charge is 0.318 e. The lowest BCUT2D eigenvalue weighted by atomic mass is 10.1. The van der Waals surface area contributed by atoms with Crippen LogP contribution in [0, 0.1) is 21.7 Å². The highest BCUT2D eigenvalue weighted by atomic mass is 19.1. The number of hydrogen-bond acceptors (Lipinski definition) is 3. The van der Waals surface area contributed by atoms with Crippen molar-refractivity contribution in [2.24, 2.45) is 7.05 Å². The fourth-order valence-electron chi connectivity index (χ4n) is 1.65. The van der Waals surface area contributed by atoms with Crippen LogP contribution in [0.4, 0.5) is 14.5 Å². The normalized spacial score (nSPS) is 10.5. The summed E-state index contributed by atoms with van der Waals surface area (Å²) >= 11 is 0. The van der Waals surface area contributed by atoms with E-state index >= 15 is 0 Å². The van der Waals surface area contributed by atoms with Crippen molar-refractivity contribution in [2.45, 2.75) is 0 Å². The van der Waals surface area contributed by atoms with Gasteiger partial charge in [0, 0.05) is 30.4 Å². The maximum Gasteiger partial charge on any atom is 0.307 e. The number of aromatic nitrogens is 1. The third-order valence-corrected chi connectivity index (χ3v) is 2.63. The Morgan fingerprint density at radius 2 is 1.89 bits per heavy atom. The molecule has 2 rings (SSSR count). The number of aryl methyl sites for hydroxylation is 1. The summed E-state index contributed by atoms with van der Waals surface area (Å²) in [6, 6.07) is 3.79. The van der Waals surface area contributed by atoms with Gasteiger partial charge in [-0.25, -0.2) is 4.39 Å². The molecule has 1 aromatic carbocycles. The van der Waals surface area contributed by atoms with Gasteiger partial charge in [-0.2, -0.15) is 4.39 Å². The summed E-state index contributed by atoms with van der Waals surface area (Å²) in [5.41, 5.74) is -1.11. The summed E-state index contributed by atoms with van der Waals surface area (Å²) in [4.78, 5) is 20.7. The van der Waals surface area contributed by atoms with Gasteiger partial charge in [-0.15, -0.1) is 0 Å². The second-order valence-corrected chi connectivity index (χ2v) is 3.91. The van der Waals surface area contributed by atoms with Crippen molar-refractivity contribution in [1.82, 2.24) is 4.57 Å². The molecule has 0 radical (unpaired) electrons. The second kappa shape index (κ2) is 4.60. The van der Waals surface area contributed by atoms with E-state index in [1.165, 1.54) is 29.9 Å². The first kappa shape index (κ1) is 12.9. The van der Waals surface area contributed by atoms with Crippen LogP contribution >= 0.6 is 0 Å². The number of benzene rings is 1. The van der Waals surface area contributed by atoms with Gasteiger partial charge in [0.2, 0.25) is 11.4 Å². The fraction of sp³-hybridized carbons (Fsp3) is 0.0833. The van der Waals surface area contributed by atoms with Crippen molar-refractivity contribution >= 4 is 5.69 Å². The molecule has 0 unspecified atom stereocenters. The number of halogens is 2. The van der Waals surface area contributed by atoms with Crippen LogP contribution in [0.3, 0.4) is 0 Å². The molecule has 19 heavy (non-hydrogen) atoms. The Labute approximate surface area is 105 Å². The number of hydrogen-bond donors (Lipinski definition) is 0. The quantitative estimate of drug-likeness (QED) is 0.618. The summed E-state index contributed by atoms with van der Waals surface area (Å²) in [6.07, 6.45) is 1.33. The van der Waals surface area contributed by atoms with Gasteiger partial charge < -0.3 is 4.57 Å². The molecule has 0 aliphatic carbocycles. The molecule has 0 saturated heterocycles. The summed E-state index contributed by atoms with van der Waals surface area (Å²) in [5, 5.41) is 10.5. The van der Waals surface area contributed by atoms with Gasteiger partial charge >= 0.3 is 5.69 Å². The molecule has 5 nitrogen and oxygen atoms in total. The maximum absolute atomic E-state index is 13.7. The Balaban J connectivity index is 2.63. The zero-order valence-electron chi connectivity index (χ0n) is 9.76. The van der Waals surface area contributed by atoms with Gasteiger partial charge in [0.05, 0.1) is 11.0 Å². The molecule has 2 aromatic rings. The SMILES string of the molecule is Cn1cc(-c2cc(F)c([N+](=O)[O-])cc2F)ccc1=O. The zero-order chi connectivity index (χ0) is 14.2. The van der Waals surface area contributed by atoms with Gasteiger partial charge in [0.1, 0.15) is 5.82 Å². The van der Waals surface area contributed by atoms with E-state index in [-0.39, 0.29) is 16.7 Å². The molecular formula is C12H8F2N2O3. The highest BCUT2D eigenvalue weighted by Crippen LogP contribution is 2.28. The second-order valence-electron chi connectivity index (χ2n) is 3.91. The summed E-state index contributed by atoms with van der Waals surface area (Å²) in [7, 11) is 1.46. The number of rotatable bonds is 2. The van der Waals surface area contributed by atoms with Crippen LogP contribution in [0.15, 0.2) is 35.3 Å². The van der Waals surface area contributed by atoms with Crippen LogP contribution in [0.5, 0.6) is 0 Å². The Hall–Kier alpha value is -2.57. The van der Waals surface area contributed by atoms with E-state index in [9.17, 15) is 23.7 Å². The predicted octanol–water partition coefficient (Wildman–Crippen LogP) is 2.24. The number of nitro benzene ring substituents is 1. The van der Waals surface area contributed by atoms with Crippen molar-refractivity contribution in [3.05, 3.63) is 62.6 Å². The highest BCUT2D eigenvalue weighted by molar-refractivity contribution is 5.65. The Kier molecular flexibility index (Phi) is 3.12. The first-order valence-electron chi connectivity index (χ1n) is 5.20.